The van der Waals surface area contributed by atoms with Gasteiger partial charge >= 0.3 is 6.18 Å². The van der Waals surface area contributed by atoms with Crippen molar-refractivity contribution in [1.29, 1.82) is 0 Å². The number of nitrogens with zero attached hydrogens (tertiary/aromatic N) is 2. The standard InChI is InChI=1S/C19H16F3N3O2S2/c20-19(21,22)17-24-12-4-2-1-3-11(12)16(25-17)28-9-13(26)14-5-6-15(29-14)18(27)7-8-23-10-18/h1-6,23,27H,7-10H2. The zero-order chi connectivity index (χ0) is 20.6. The van der Waals surface area contributed by atoms with E-state index >= 15 is 0 Å². The van der Waals surface area contributed by atoms with E-state index in [0.29, 0.717) is 34.7 Å². The number of Topliss-reactive ketones (excluding diaryl/α,β-unsaturated/α-hetero) is 1. The maximum atomic E-state index is 13.1. The van der Waals surface area contributed by atoms with Crippen molar-refractivity contribution >= 4 is 39.8 Å². The molecule has 0 radical (unpaired) electrons. The number of nitrogens with one attached hydrogen (secondary N) is 1. The molecule has 0 saturated carbocycles. The van der Waals surface area contributed by atoms with Crippen molar-refractivity contribution in [2.45, 2.75) is 23.2 Å². The average Bonchev–Trinajstić information content (AvgIpc) is 3.35. The van der Waals surface area contributed by atoms with E-state index in [4.69, 9.17) is 0 Å². The van der Waals surface area contributed by atoms with Gasteiger partial charge in [-0.05, 0) is 31.2 Å². The van der Waals surface area contributed by atoms with E-state index in [1.54, 1.807) is 30.3 Å². The topological polar surface area (TPSA) is 75.1 Å². The van der Waals surface area contributed by atoms with Crippen LogP contribution in [-0.2, 0) is 11.8 Å². The summed E-state index contributed by atoms with van der Waals surface area (Å²) in [5, 5.41) is 14.3. The van der Waals surface area contributed by atoms with Crippen LogP contribution in [0, 0.1) is 0 Å². The number of rotatable bonds is 5. The predicted molar refractivity (Wildman–Crippen MR) is 105 cm³/mol. The van der Waals surface area contributed by atoms with Crippen LogP contribution in [-0.4, -0.2) is 39.7 Å². The van der Waals surface area contributed by atoms with Gasteiger partial charge in [0, 0.05) is 16.8 Å². The number of β-amino-alcohol motifs (C(OH)–C–C–N with tert-alkyl or cyclic N) is 1. The normalized spacial score (nSPS) is 19.7. The van der Waals surface area contributed by atoms with Crippen molar-refractivity contribution in [3.8, 4) is 0 Å². The first-order valence-corrected chi connectivity index (χ1v) is 10.6. The summed E-state index contributed by atoms with van der Waals surface area (Å²) < 4.78 is 39.4. The minimum atomic E-state index is -4.67. The van der Waals surface area contributed by atoms with Gasteiger partial charge in [-0.3, -0.25) is 4.79 Å². The summed E-state index contributed by atoms with van der Waals surface area (Å²) in [5.41, 5.74) is -0.792. The molecule has 1 atom stereocenters. The quantitative estimate of drug-likeness (QED) is 0.357. The van der Waals surface area contributed by atoms with Crippen LogP contribution in [0.4, 0.5) is 13.2 Å². The van der Waals surface area contributed by atoms with Crippen molar-refractivity contribution in [2.24, 2.45) is 0 Å². The predicted octanol–water partition coefficient (Wildman–Crippen LogP) is 3.87. The van der Waals surface area contributed by atoms with Gasteiger partial charge in [0.1, 0.15) is 10.6 Å². The molecule has 1 aromatic carbocycles. The molecule has 152 valence electrons. The summed E-state index contributed by atoms with van der Waals surface area (Å²) in [6, 6.07) is 9.79. The first-order valence-electron chi connectivity index (χ1n) is 8.80. The molecule has 4 rings (SSSR count). The summed E-state index contributed by atoms with van der Waals surface area (Å²) in [6.45, 7) is 1.14. The summed E-state index contributed by atoms with van der Waals surface area (Å²) in [4.78, 5) is 21.0. The molecular weight excluding hydrogens is 423 g/mol. The second-order valence-electron chi connectivity index (χ2n) is 6.70. The van der Waals surface area contributed by atoms with E-state index in [2.05, 4.69) is 15.3 Å². The molecule has 0 spiro atoms. The third-order valence-electron chi connectivity index (χ3n) is 4.63. The van der Waals surface area contributed by atoms with Gasteiger partial charge in [0.15, 0.2) is 5.78 Å². The number of carbonyl (C=O) groups excluding carboxylic acids is 1. The van der Waals surface area contributed by atoms with Crippen LogP contribution in [0.3, 0.4) is 0 Å². The van der Waals surface area contributed by atoms with Crippen molar-refractivity contribution in [2.75, 3.05) is 18.8 Å². The Hall–Kier alpha value is -2.01. The highest BCUT2D eigenvalue weighted by molar-refractivity contribution is 8.00. The van der Waals surface area contributed by atoms with Crippen LogP contribution < -0.4 is 5.32 Å². The van der Waals surface area contributed by atoms with Crippen LogP contribution in [0.5, 0.6) is 0 Å². The molecule has 10 heteroatoms. The molecule has 3 aromatic rings. The van der Waals surface area contributed by atoms with Gasteiger partial charge < -0.3 is 10.4 Å². The molecule has 3 heterocycles. The maximum absolute atomic E-state index is 13.1. The van der Waals surface area contributed by atoms with E-state index in [9.17, 15) is 23.1 Å². The van der Waals surface area contributed by atoms with Gasteiger partial charge in [0.2, 0.25) is 5.82 Å². The number of carbonyl (C=O) groups is 1. The minimum Gasteiger partial charge on any atom is -0.383 e. The lowest BCUT2D eigenvalue weighted by Gasteiger charge is -2.18. The van der Waals surface area contributed by atoms with Crippen LogP contribution >= 0.6 is 23.1 Å². The Morgan fingerprint density at radius 2 is 2.03 bits per heavy atom. The van der Waals surface area contributed by atoms with Crippen LogP contribution in [0.25, 0.3) is 10.9 Å². The second-order valence-corrected chi connectivity index (χ2v) is 8.75. The highest BCUT2D eigenvalue weighted by atomic mass is 32.2. The smallest absolute Gasteiger partial charge is 0.383 e. The number of thioether (sulfide) groups is 1. The van der Waals surface area contributed by atoms with Gasteiger partial charge in [-0.2, -0.15) is 13.2 Å². The zero-order valence-electron chi connectivity index (χ0n) is 15.0. The largest absolute Gasteiger partial charge is 0.451 e. The monoisotopic (exact) mass is 439 g/mol. The Morgan fingerprint density at radius 1 is 1.24 bits per heavy atom. The van der Waals surface area contributed by atoms with Gasteiger partial charge in [0.05, 0.1) is 16.1 Å². The Bertz CT molecular complexity index is 1060. The molecule has 0 amide bonds. The number of benzene rings is 1. The van der Waals surface area contributed by atoms with E-state index in [1.165, 1.54) is 17.4 Å². The number of hydrogen-bond acceptors (Lipinski definition) is 7. The molecule has 2 N–H and O–H groups in total. The number of para-hydroxylation sites is 1. The Labute approximate surface area is 172 Å². The van der Waals surface area contributed by atoms with E-state index in [-0.39, 0.29) is 22.1 Å². The minimum absolute atomic E-state index is 0.0606. The van der Waals surface area contributed by atoms with E-state index < -0.39 is 17.6 Å². The number of thiophene rings is 1. The van der Waals surface area contributed by atoms with Crippen LogP contribution in [0.2, 0.25) is 0 Å². The fraction of sp³-hybridized carbons (Fsp3) is 0.316. The van der Waals surface area contributed by atoms with E-state index in [1.807, 2.05) is 0 Å². The van der Waals surface area contributed by atoms with E-state index in [0.717, 1.165) is 11.8 Å². The number of aliphatic hydroxyl groups is 1. The molecule has 0 aliphatic carbocycles. The number of aromatic nitrogens is 2. The molecule has 5 nitrogen and oxygen atoms in total. The molecule has 1 aliphatic rings. The van der Waals surface area contributed by atoms with Crippen molar-refractivity contribution in [1.82, 2.24) is 15.3 Å². The van der Waals surface area contributed by atoms with Gasteiger partial charge in [-0.15, -0.1) is 11.3 Å². The Kier molecular flexibility index (Phi) is 5.36. The molecule has 1 unspecified atom stereocenters. The number of ketones is 1. The lowest BCUT2D eigenvalue weighted by Crippen LogP contribution is -2.26. The summed E-state index contributed by atoms with van der Waals surface area (Å²) >= 11 is 2.17. The molecule has 29 heavy (non-hydrogen) atoms. The number of halogens is 3. The molecule has 1 aliphatic heterocycles. The maximum Gasteiger partial charge on any atom is 0.451 e. The highest BCUT2D eigenvalue weighted by Gasteiger charge is 2.36. The zero-order valence-corrected chi connectivity index (χ0v) is 16.6. The van der Waals surface area contributed by atoms with Gasteiger partial charge in [-0.1, -0.05) is 30.0 Å². The molecule has 1 fully saturated rings. The number of fused-ring (bicyclic) bond motifs is 1. The van der Waals surface area contributed by atoms with Crippen LogP contribution in [0.1, 0.15) is 26.8 Å². The third kappa shape index (κ3) is 4.16. The Morgan fingerprint density at radius 3 is 2.76 bits per heavy atom. The SMILES string of the molecule is O=C(CSc1nc(C(F)(F)F)nc2ccccc12)c1ccc(C2(O)CCNC2)s1. The van der Waals surface area contributed by atoms with Crippen molar-refractivity contribution in [3.05, 3.63) is 52.0 Å². The van der Waals surface area contributed by atoms with Crippen molar-refractivity contribution in [3.63, 3.8) is 0 Å². The number of alkyl halides is 3. The third-order valence-corrected chi connectivity index (χ3v) is 6.94. The molecule has 1 saturated heterocycles. The van der Waals surface area contributed by atoms with Crippen LogP contribution in [0.15, 0.2) is 41.4 Å². The molecular formula is C19H16F3N3O2S2. The molecule has 0 bridgehead atoms. The summed E-state index contributed by atoms with van der Waals surface area (Å²) in [7, 11) is 0. The fourth-order valence-electron chi connectivity index (χ4n) is 3.12. The van der Waals surface area contributed by atoms with Gasteiger partial charge in [0.25, 0.3) is 0 Å². The lowest BCUT2D eigenvalue weighted by atomic mass is 10.0. The molecule has 2 aromatic heterocycles. The average molecular weight is 439 g/mol. The van der Waals surface area contributed by atoms with Gasteiger partial charge in [-0.25, -0.2) is 9.97 Å². The second kappa shape index (κ2) is 7.67. The first-order chi connectivity index (χ1) is 13.8. The lowest BCUT2D eigenvalue weighted by molar-refractivity contribution is -0.145. The Balaban J connectivity index is 1.55. The first kappa shape index (κ1) is 20.3. The summed E-state index contributed by atoms with van der Waals surface area (Å²) in [5.74, 6) is -1.51. The fourth-order valence-corrected chi connectivity index (χ4v) is 5.17. The number of hydrogen-bond donors (Lipinski definition) is 2. The highest BCUT2D eigenvalue weighted by Crippen LogP contribution is 2.35. The summed E-state index contributed by atoms with van der Waals surface area (Å²) in [6.07, 6.45) is -4.10. The van der Waals surface area contributed by atoms with Crippen molar-refractivity contribution < 1.29 is 23.1 Å².